The number of ether oxygens (including phenoxy) is 1. The van der Waals surface area contributed by atoms with Crippen LogP contribution in [0.1, 0.15) is 49.8 Å². The van der Waals surface area contributed by atoms with Gasteiger partial charge in [0.2, 0.25) is 0 Å². The monoisotopic (exact) mass is 446 g/mol. The largest absolute Gasteiger partial charge is 0.383 e. The summed E-state index contributed by atoms with van der Waals surface area (Å²) in [6, 6.07) is 5.97. The second kappa shape index (κ2) is 8.20. The first-order chi connectivity index (χ1) is 16.2. The van der Waals surface area contributed by atoms with Crippen LogP contribution in [0.3, 0.4) is 0 Å². The van der Waals surface area contributed by atoms with Gasteiger partial charge in [-0.15, -0.1) is 0 Å². The van der Waals surface area contributed by atoms with E-state index in [2.05, 4.69) is 20.1 Å². The molecular weight excluding hydrogens is 420 g/mol. The maximum atomic E-state index is 6.35. The Hall–Kier alpha value is -3.37. The van der Waals surface area contributed by atoms with Gasteiger partial charge in [-0.1, -0.05) is 11.2 Å². The molecular formula is C23H26N8O2. The third-order valence-electron chi connectivity index (χ3n) is 6.50. The molecule has 0 bridgehead atoms. The smallest absolute Gasteiger partial charge is 0.164 e. The Morgan fingerprint density at radius 2 is 2.00 bits per heavy atom. The highest BCUT2D eigenvalue weighted by molar-refractivity contribution is 6.00. The Kier molecular flexibility index (Phi) is 5.03. The number of anilines is 1. The zero-order chi connectivity index (χ0) is 22.4. The lowest BCUT2D eigenvalue weighted by Crippen LogP contribution is -2.16. The molecule has 2 atom stereocenters. The number of nitrogen functional groups attached to an aromatic ring is 1. The average molecular weight is 447 g/mol. The zero-order valence-electron chi connectivity index (χ0n) is 18.2. The summed E-state index contributed by atoms with van der Waals surface area (Å²) in [5.74, 6) is 1.59. The Balaban J connectivity index is 1.48. The molecule has 170 valence electrons. The van der Waals surface area contributed by atoms with E-state index in [1.54, 1.807) is 6.20 Å². The normalized spacial score (nSPS) is 20.6. The summed E-state index contributed by atoms with van der Waals surface area (Å²) in [5.41, 5.74) is 15.6. The summed E-state index contributed by atoms with van der Waals surface area (Å²) in [6.45, 7) is 1.08. The summed E-state index contributed by atoms with van der Waals surface area (Å²) in [4.78, 5) is 13.4. The Labute approximate surface area is 190 Å². The van der Waals surface area contributed by atoms with E-state index in [1.807, 2.05) is 22.9 Å². The molecule has 4 aromatic rings. The molecule has 10 nitrogen and oxygen atoms in total. The van der Waals surface area contributed by atoms with Gasteiger partial charge < -0.3 is 20.7 Å². The van der Waals surface area contributed by atoms with Gasteiger partial charge in [-0.25, -0.2) is 14.6 Å². The van der Waals surface area contributed by atoms with E-state index in [-0.39, 0.29) is 12.1 Å². The molecule has 6 rings (SSSR count). The molecule has 4 N–H and O–H groups in total. The summed E-state index contributed by atoms with van der Waals surface area (Å²) in [7, 11) is 0. The highest BCUT2D eigenvalue weighted by atomic mass is 16.5. The van der Waals surface area contributed by atoms with E-state index < -0.39 is 0 Å². The van der Waals surface area contributed by atoms with E-state index >= 15 is 0 Å². The quantitative estimate of drug-likeness (QED) is 0.437. The fourth-order valence-corrected chi connectivity index (χ4v) is 4.79. The van der Waals surface area contributed by atoms with Crippen LogP contribution in [0.5, 0.6) is 0 Å². The van der Waals surface area contributed by atoms with Gasteiger partial charge in [-0.2, -0.15) is 5.10 Å². The van der Waals surface area contributed by atoms with Gasteiger partial charge in [-0.05, 0) is 44.2 Å². The van der Waals surface area contributed by atoms with Crippen LogP contribution in [-0.4, -0.2) is 49.1 Å². The lowest BCUT2D eigenvalue weighted by molar-refractivity contribution is 0.0613. The van der Waals surface area contributed by atoms with Crippen molar-refractivity contribution in [3.8, 4) is 22.6 Å². The number of aromatic nitrogens is 6. The molecule has 0 amide bonds. The van der Waals surface area contributed by atoms with Gasteiger partial charge >= 0.3 is 0 Å². The van der Waals surface area contributed by atoms with Crippen molar-refractivity contribution in [2.75, 3.05) is 18.9 Å². The summed E-state index contributed by atoms with van der Waals surface area (Å²) < 4.78 is 13.7. The van der Waals surface area contributed by atoms with Gasteiger partial charge in [0.1, 0.15) is 29.3 Å². The second-order valence-corrected chi connectivity index (χ2v) is 8.76. The number of nitrogens with two attached hydrogens (primary N) is 2. The van der Waals surface area contributed by atoms with Crippen molar-refractivity contribution in [1.29, 1.82) is 0 Å². The topological polar surface area (TPSA) is 144 Å². The summed E-state index contributed by atoms with van der Waals surface area (Å²) in [5, 5.41) is 10.2. The maximum absolute atomic E-state index is 6.35. The molecule has 0 aliphatic heterocycles. The summed E-state index contributed by atoms with van der Waals surface area (Å²) in [6.07, 6.45) is 8.33. The van der Waals surface area contributed by atoms with Crippen molar-refractivity contribution < 1.29 is 9.26 Å². The molecule has 0 saturated heterocycles. The Morgan fingerprint density at radius 3 is 2.79 bits per heavy atom. The number of nitrogens with zero attached hydrogens (tertiary/aromatic N) is 6. The van der Waals surface area contributed by atoms with Crippen molar-refractivity contribution in [3.05, 3.63) is 36.5 Å². The van der Waals surface area contributed by atoms with Gasteiger partial charge in [0, 0.05) is 18.7 Å². The first-order valence-corrected chi connectivity index (χ1v) is 11.5. The molecule has 33 heavy (non-hydrogen) atoms. The Bertz CT molecular complexity index is 1280. The number of rotatable bonds is 7. The number of hydrogen-bond donors (Lipinski definition) is 2. The van der Waals surface area contributed by atoms with Crippen LogP contribution in [0.2, 0.25) is 0 Å². The van der Waals surface area contributed by atoms with Gasteiger partial charge in [0.05, 0.1) is 35.4 Å². The molecule has 2 fully saturated rings. The van der Waals surface area contributed by atoms with Crippen molar-refractivity contribution in [1.82, 2.24) is 29.9 Å². The van der Waals surface area contributed by atoms with Crippen LogP contribution in [0.15, 0.2) is 35.2 Å². The molecule has 2 saturated carbocycles. The van der Waals surface area contributed by atoms with E-state index in [0.717, 1.165) is 49.1 Å². The molecule has 0 radical (unpaired) electrons. The van der Waals surface area contributed by atoms with Crippen LogP contribution in [-0.2, 0) is 4.74 Å². The van der Waals surface area contributed by atoms with Crippen molar-refractivity contribution in [2.45, 2.75) is 50.2 Å². The van der Waals surface area contributed by atoms with Crippen LogP contribution < -0.4 is 11.5 Å². The van der Waals surface area contributed by atoms with Crippen LogP contribution >= 0.6 is 0 Å². The third-order valence-corrected chi connectivity index (χ3v) is 6.50. The zero-order valence-corrected chi connectivity index (χ0v) is 18.2. The SMILES string of the molecule is NCCO[C@@H]1CC[C@@H](n2nc(-c3noc(C4CC4)c3-c3ccccn3)c3c(N)ncnc32)C1. The minimum absolute atomic E-state index is 0.145. The number of pyridine rings is 1. The summed E-state index contributed by atoms with van der Waals surface area (Å²) >= 11 is 0. The van der Waals surface area contributed by atoms with Crippen LogP contribution in [0.25, 0.3) is 33.7 Å². The molecule has 10 heteroatoms. The number of fused-ring (bicyclic) bond motifs is 1. The van der Waals surface area contributed by atoms with E-state index in [9.17, 15) is 0 Å². The lowest BCUT2D eigenvalue weighted by Gasteiger charge is -2.13. The standard InChI is InChI=1S/C23H26N8O2/c24-8-10-32-15-7-6-14(11-15)31-23-18(22(25)27-12-28-23)19(29-31)20-17(16-3-1-2-9-26-16)21(33-30-20)13-4-5-13/h1-3,9,12-15H,4-8,10-11,24H2,(H2,25,27,28)/t14-,15-/m1/s1. The molecule has 4 heterocycles. The maximum Gasteiger partial charge on any atom is 0.164 e. The lowest BCUT2D eigenvalue weighted by atomic mass is 10.0. The van der Waals surface area contributed by atoms with Gasteiger partial charge in [0.25, 0.3) is 0 Å². The van der Waals surface area contributed by atoms with Crippen molar-refractivity contribution >= 4 is 16.9 Å². The van der Waals surface area contributed by atoms with Crippen molar-refractivity contribution in [3.63, 3.8) is 0 Å². The van der Waals surface area contributed by atoms with Crippen LogP contribution in [0, 0.1) is 0 Å². The van der Waals surface area contributed by atoms with Gasteiger partial charge in [0.15, 0.2) is 5.65 Å². The molecule has 2 aliphatic rings. The fourth-order valence-electron chi connectivity index (χ4n) is 4.79. The molecule has 0 unspecified atom stereocenters. The highest BCUT2D eigenvalue weighted by Gasteiger charge is 2.36. The molecule has 0 aromatic carbocycles. The Morgan fingerprint density at radius 1 is 1.09 bits per heavy atom. The second-order valence-electron chi connectivity index (χ2n) is 8.76. The molecule has 4 aromatic heterocycles. The minimum Gasteiger partial charge on any atom is -0.383 e. The van der Waals surface area contributed by atoms with E-state index in [1.165, 1.54) is 6.33 Å². The predicted molar refractivity (Wildman–Crippen MR) is 122 cm³/mol. The number of hydrogen-bond acceptors (Lipinski definition) is 9. The van der Waals surface area contributed by atoms with Crippen LogP contribution in [0.4, 0.5) is 5.82 Å². The highest BCUT2D eigenvalue weighted by Crippen LogP contribution is 2.48. The molecule has 2 aliphatic carbocycles. The third kappa shape index (κ3) is 3.55. The average Bonchev–Trinajstić information content (AvgIpc) is 3.25. The fraction of sp³-hybridized carbons (Fsp3) is 0.435. The first-order valence-electron chi connectivity index (χ1n) is 11.5. The molecule has 0 spiro atoms. The van der Waals surface area contributed by atoms with Gasteiger partial charge in [-0.3, -0.25) is 4.98 Å². The minimum atomic E-state index is 0.145. The van der Waals surface area contributed by atoms with E-state index in [0.29, 0.717) is 47.3 Å². The van der Waals surface area contributed by atoms with Crippen molar-refractivity contribution in [2.24, 2.45) is 5.73 Å². The predicted octanol–water partition coefficient (Wildman–Crippen LogP) is 3.07. The van der Waals surface area contributed by atoms with E-state index in [4.69, 9.17) is 25.8 Å². The first kappa shape index (κ1) is 20.3.